The van der Waals surface area contributed by atoms with E-state index in [4.69, 9.17) is 10.5 Å². The van der Waals surface area contributed by atoms with Crippen LogP contribution < -0.4 is 10.5 Å². The van der Waals surface area contributed by atoms with Gasteiger partial charge in [-0.1, -0.05) is 19.8 Å². The molecule has 120 valence electrons. The standard InChI is InChI=1S/C16H30N4O/c1-11-7-6-8-13(9-11)19(3)14(10-17)15-12(2)18-20(4)16(15)21-5/h11,13-14H,6-10,17H2,1-5H3. The highest BCUT2D eigenvalue weighted by molar-refractivity contribution is 5.34. The van der Waals surface area contributed by atoms with Gasteiger partial charge in [0.2, 0.25) is 5.88 Å². The molecule has 0 bridgehead atoms. The number of nitrogens with zero attached hydrogens (tertiary/aromatic N) is 3. The lowest BCUT2D eigenvalue weighted by Crippen LogP contribution is -2.41. The molecule has 0 spiro atoms. The zero-order valence-corrected chi connectivity index (χ0v) is 14.1. The van der Waals surface area contributed by atoms with E-state index in [9.17, 15) is 0 Å². The Balaban J connectivity index is 2.26. The van der Waals surface area contributed by atoms with Crippen LogP contribution in [-0.4, -0.2) is 41.4 Å². The Morgan fingerprint density at radius 1 is 1.48 bits per heavy atom. The van der Waals surface area contributed by atoms with Crippen molar-refractivity contribution in [1.29, 1.82) is 0 Å². The molecule has 0 amide bonds. The summed E-state index contributed by atoms with van der Waals surface area (Å²) in [6.07, 6.45) is 5.19. The minimum Gasteiger partial charge on any atom is -0.481 e. The van der Waals surface area contributed by atoms with Gasteiger partial charge in [0.05, 0.1) is 24.4 Å². The quantitative estimate of drug-likeness (QED) is 0.905. The molecule has 3 unspecified atom stereocenters. The largest absolute Gasteiger partial charge is 0.481 e. The van der Waals surface area contributed by atoms with E-state index in [1.54, 1.807) is 7.11 Å². The van der Waals surface area contributed by atoms with Crippen molar-refractivity contribution in [2.45, 2.75) is 51.6 Å². The predicted octanol–water partition coefficient (Wildman–Crippen LogP) is 2.25. The highest BCUT2D eigenvalue weighted by atomic mass is 16.5. The second-order valence-corrected chi connectivity index (χ2v) is 6.47. The molecule has 0 aromatic carbocycles. The molecule has 1 aliphatic carbocycles. The maximum absolute atomic E-state index is 6.11. The molecule has 21 heavy (non-hydrogen) atoms. The van der Waals surface area contributed by atoms with E-state index in [0.717, 1.165) is 23.1 Å². The number of nitrogens with two attached hydrogens (primary N) is 1. The van der Waals surface area contributed by atoms with Crippen molar-refractivity contribution in [1.82, 2.24) is 14.7 Å². The molecule has 1 aromatic heterocycles. The van der Waals surface area contributed by atoms with Gasteiger partial charge in [-0.15, -0.1) is 0 Å². The number of hydrogen-bond donors (Lipinski definition) is 1. The summed E-state index contributed by atoms with van der Waals surface area (Å²) >= 11 is 0. The normalized spacial score (nSPS) is 24.3. The van der Waals surface area contributed by atoms with Crippen LogP contribution in [-0.2, 0) is 7.05 Å². The SMILES string of the molecule is COc1c(C(CN)N(C)C2CCCC(C)C2)c(C)nn1C. The fraction of sp³-hybridized carbons (Fsp3) is 0.812. The molecule has 0 aliphatic heterocycles. The lowest BCUT2D eigenvalue weighted by molar-refractivity contribution is 0.119. The topological polar surface area (TPSA) is 56.3 Å². The molecule has 0 saturated heterocycles. The van der Waals surface area contributed by atoms with Crippen molar-refractivity contribution in [3.63, 3.8) is 0 Å². The van der Waals surface area contributed by atoms with E-state index in [1.807, 2.05) is 18.7 Å². The molecule has 1 saturated carbocycles. The van der Waals surface area contributed by atoms with Gasteiger partial charge in [-0.25, -0.2) is 4.68 Å². The van der Waals surface area contributed by atoms with Crippen LogP contribution in [0.2, 0.25) is 0 Å². The van der Waals surface area contributed by atoms with E-state index in [1.165, 1.54) is 25.7 Å². The van der Waals surface area contributed by atoms with Gasteiger partial charge in [0.1, 0.15) is 0 Å². The Bertz CT molecular complexity index is 471. The van der Waals surface area contributed by atoms with Crippen LogP contribution >= 0.6 is 0 Å². The first-order chi connectivity index (χ1) is 9.99. The predicted molar refractivity (Wildman–Crippen MR) is 85.5 cm³/mol. The van der Waals surface area contributed by atoms with Gasteiger partial charge in [-0.3, -0.25) is 4.90 Å². The maximum atomic E-state index is 6.11. The molecule has 1 fully saturated rings. The number of aromatic nitrogens is 2. The molecule has 5 nitrogen and oxygen atoms in total. The zero-order chi connectivity index (χ0) is 15.6. The summed E-state index contributed by atoms with van der Waals surface area (Å²) in [6, 6.07) is 0.774. The smallest absolute Gasteiger partial charge is 0.216 e. The maximum Gasteiger partial charge on any atom is 0.216 e. The van der Waals surface area contributed by atoms with Gasteiger partial charge in [-0.2, -0.15) is 5.10 Å². The van der Waals surface area contributed by atoms with Crippen LogP contribution in [0.5, 0.6) is 5.88 Å². The van der Waals surface area contributed by atoms with Gasteiger partial charge in [-0.05, 0) is 32.7 Å². The number of rotatable bonds is 5. The summed E-state index contributed by atoms with van der Waals surface area (Å²) in [7, 11) is 5.83. The first-order valence-electron chi connectivity index (χ1n) is 7.99. The Labute approximate surface area is 128 Å². The van der Waals surface area contributed by atoms with E-state index in [2.05, 4.69) is 24.0 Å². The lowest BCUT2D eigenvalue weighted by atomic mass is 9.85. The average Bonchev–Trinajstić information content (AvgIpc) is 2.74. The van der Waals surface area contributed by atoms with Gasteiger partial charge >= 0.3 is 0 Å². The zero-order valence-electron chi connectivity index (χ0n) is 14.1. The minimum absolute atomic E-state index is 0.170. The summed E-state index contributed by atoms with van der Waals surface area (Å²) in [4.78, 5) is 2.45. The average molecular weight is 294 g/mol. The number of methoxy groups -OCH3 is 1. The molecule has 3 atom stereocenters. The first kappa shape index (κ1) is 16.3. The monoisotopic (exact) mass is 294 g/mol. The summed E-state index contributed by atoms with van der Waals surface area (Å²) in [6.45, 7) is 4.98. The molecule has 1 aliphatic rings. The second kappa shape index (κ2) is 6.79. The van der Waals surface area contributed by atoms with Gasteiger partial charge in [0.25, 0.3) is 0 Å². The van der Waals surface area contributed by atoms with E-state index < -0.39 is 0 Å². The van der Waals surface area contributed by atoms with E-state index in [-0.39, 0.29) is 6.04 Å². The van der Waals surface area contributed by atoms with E-state index in [0.29, 0.717) is 12.6 Å². The number of aryl methyl sites for hydroxylation is 2. The highest BCUT2D eigenvalue weighted by Gasteiger charge is 2.31. The molecular weight excluding hydrogens is 264 g/mol. The number of ether oxygens (including phenoxy) is 1. The Hall–Kier alpha value is -1.07. The van der Waals surface area contributed by atoms with Crippen molar-refractivity contribution in [2.24, 2.45) is 18.7 Å². The van der Waals surface area contributed by atoms with Crippen LogP contribution in [0, 0.1) is 12.8 Å². The summed E-state index contributed by atoms with van der Waals surface area (Å²) in [5.74, 6) is 1.64. The van der Waals surface area contributed by atoms with Crippen molar-refractivity contribution in [3.05, 3.63) is 11.3 Å². The third kappa shape index (κ3) is 3.24. The van der Waals surface area contributed by atoms with Gasteiger partial charge < -0.3 is 10.5 Å². The van der Waals surface area contributed by atoms with Crippen LogP contribution in [0.25, 0.3) is 0 Å². The third-order valence-corrected chi connectivity index (χ3v) is 4.94. The van der Waals surface area contributed by atoms with E-state index >= 15 is 0 Å². The summed E-state index contributed by atoms with van der Waals surface area (Å²) in [5.41, 5.74) is 8.27. The van der Waals surface area contributed by atoms with Gasteiger partial charge in [0, 0.05) is 19.6 Å². The fourth-order valence-corrected chi connectivity index (χ4v) is 3.79. The van der Waals surface area contributed by atoms with Crippen molar-refractivity contribution >= 4 is 0 Å². The molecule has 1 heterocycles. The lowest BCUT2D eigenvalue weighted by Gasteiger charge is -2.38. The molecule has 2 N–H and O–H groups in total. The Morgan fingerprint density at radius 2 is 2.19 bits per heavy atom. The third-order valence-electron chi connectivity index (χ3n) is 4.94. The molecular formula is C16H30N4O. The number of hydrogen-bond acceptors (Lipinski definition) is 4. The second-order valence-electron chi connectivity index (χ2n) is 6.47. The fourth-order valence-electron chi connectivity index (χ4n) is 3.79. The van der Waals surface area contributed by atoms with Gasteiger partial charge in [0.15, 0.2) is 0 Å². The first-order valence-corrected chi connectivity index (χ1v) is 7.99. The Morgan fingerprint density at radius 3 is 2.76 bits per heavy atom. The summed E-state index contributed by atoms with van der Waals surface area (Å²) < 4.78 is 7.37. The van der Waals surface area contributed by atoms with Crippen LogP contribution in [0.1, 0.15) is 49.9 Å². The molecule has 0 radical (unpaired) electrons. The van der Waals surface area contributed by atoms with Crippen LogP contribution in [0.3, 0.4) is 0 Å². The van der Waals surface area contributed by atoms with Crippen molar-refractivity contribution in [3.8, 4) is 5.88 Å². The van der Waals surface area contributed by atoms with Crippen LogP contribution in [0.15, 0.2) is 0 Å². The number of likely N-dealkylation sites (N-methyl/N-ethyl adjacent to an activating group) is 1. The minimum atomic E-state index is 0.170. The highest BCUT2D eigenvalue weighted by Crippen LogP contribution is 2.35. The van der Waals surface area contributed by atoms with Crippen LogP contribution in [0.4, 0.5) is 0 Å². The molecule has 5 heteroatoms. The molecule has 2 rings (SSSR count). The summed E-state index contributed by atoms with van der Waals surface area (Å²) in [5, 5.41) is 4.50. The van der Waals surface area contributed by atoms with Crippen molar-refractivity contribution < 1.29 is 4.74 Å². The Kier molecular flexibility index (Phi) is 5.27. The molecule has 1 aromatic rings. The van der Waals surface area contributed by atoms with Crippen molar-refractivity contribution in [2.75, 3.05) is 20.7 Å².